The quantitative estimate of drug-likeness (QED) is 0.858. The average Bonchev–Trinajstić information content (AvgIpc) is 2.82. The molecular formula is C14H16BrNO3. The van der Waals surface area contributed by atoms with E-state index in [0.717, 1.165) is 11.3 Å². The molecular weight excluding hydrogens is 310 g/mol. The second-order valence-electron chi connectivity index (χ2n) is 5.16. The smallest absolute Gasteiger partial charge is 0.227 e. The van der Waals surface area contributed by atoms with Gasteiger partial charge in [0.05, 0.1) is 25.2 Å². The predicted molar refractivity (Wildman–Crippen MR) is 74.2 cm³/mol. The van der Waals surface area contributed by atoms with Gasteiger partial charge in [-0.1, -0.05) is 28.1 Å². The molecule has 4 nitrogen and oxygen atoms in total. The number of ether oxygens (including phenoxy) is 1. The molecule has 1 saturated heterocycles. The van der Waals surface area contributed by atoms with Gasteiger partial charge in [0, 0.05) is 11.4 Å². The van der Waals surface area contributed by atoms with Gasteiger partial charge in [-0.2, -0.15) is 0 Å². The number of benzene rings is 1. The molecule has 2 aliphatic rings. The van der Waals surface area contributed by atoms with Crippen molar-refractivity contribution in [2.45, 2.75) is 29.9 Å². The van der Waals surface area contributed by atoms with Crippen LogP contribution in [0.5, 0.6) is 5.75 Å². The molecule has 5 heteroatoms. The Morgan fingerprint density at radius 1 is 1.42 bits per heavy atom. The summed E-state index contributed by atoms with van der Waals surface area (Å²) in [6.45, 7) is 0.545. The van der Waals surface area contributed by atoms with E-state index in [-0.39, 0.29) is 22.7 Å². The molecule has 0 radical (unpaired) electrons. The van der Waals surface area contributed by atoms with Crippen molar-refractivity contribution in [1.29, 1.82) is 0 Å². The van der Waals surface area contributed by atoms with E-state index >= 15 is 0 Å². The molecule has 102 valence electrons. The van der Waals surface area contributed by atoms with E-state index in [1.165, 1.54) is 0 Å². The van der Waals surface area contributed by atoms with E-state index in [9.17, 15) is 9.90 Å². The number of hydrogen-bond donors (Lipinski definition) is 1. The highest BCUT2D eigenvalue weighted by atomic mass is 79.9. The number of halogens is 1. The Kier molecular flexibility index (Phi) is 3.27. The lowest BCUT2D eigenvalue weighted by molar-refractivity contribution is -0.138. The summed E-state index contributed by atoms with van der Waals surface area (Å²) < 4.78 is 5.12. The normalized spacial score (nSPS) is 33.0. The van der Waals surface area contributed by atoms with Crippen molar-refractivity contribution < 1.29 is 14.6 Å². The number of rotatable bonds is 3. The molecule has 3 rings (SSSR count). The molecule has 1 aromatic carbocycles. The number of piperidine rings is 1. The number of fused-ring (bicyclic) bond motifs is 2. The average molecular weight is 326 g/mol. The van der Waals surface area contributed by atoms with Gasteiger partial charge in [-0.15, -0.1) is 0 Å². The third-order valence-corrected chi connectivity index (χ3v) is 5.25. The number of carbonyl (C=O) groups excluding carboxylic acids is 1. The largest absolute Gasteiger partial charge is 0.497 e. The first-order valence-electron chi connectivity index (χ1n) is 6.37. The minimum absolute atomic E-state index is 0.0711. The van der Waals surface area contributed by atoms with Crippen molar-refractivity contribution in [3.05, 3.63) is 29.8 Å². The van der Waals surface area contributed by atoms with Gasteiger partial charge in [-0.05, 0) is 24.1 Å². The van der Waals surface area contributed by atoms with Crippen LogP contribution in [0.25, 0.3) is 0 Å². The summed E-state index contributed by atoms with van der Waals surface area (Å²) in [5.74, 6) is 0.877. The summed E-state index contributed by atoms with van der Waals surface area (Å²) >= 11 is 3.55. The SMILES string of the molecule is COc1ccc(CN2C(=O)[C@H]3C[C@H](O)[C@@H]2[C@@H]3Br)cc1. The highest BCUT2D eigenvalue weighted by Crippen LogP contribution is 2.44. The van der Waals surface area contributed by atoms with Crippen LogP contribution in [0, 0.1) is 5.92 Å². The van der Waals surface area contributed by atoms with Gasteiger partial charge in [0.25, 0.3) is 0 Å². The van der Waals surface area contributed by atoms with E-state index in [4.69, 9.17) is 4.74 Å². The summed E-state index contributed by atoms with van der Waals surface area (Å²) in [6.07, 6.45) is 0.170. The Morgan fingerprint density at radius 2 is 2.11 bits per heavy atom. The van der Waals surface area contributed by atoms with Crippen LogP contribution in [0.15, 0.2) is 24.3 Å². The Balaban J connectivity index is 1.77. The van der Waals surface area contributed by atoms with E-state index < -0.39 is 6.10 Å². The number of likely N-dealkylation sites (tertiary alicyclic amines) is 1. The predicted octanol–water partition coefficient (Wildman–Crippen LogP) is 1.55. The number of methoxy groups -OCH3 is 1. The number of amides is 1. The second kappa shape index (κ2) is 4.80. The monoisotopic (exact) mass is 325 g/mol. The van der Waals surface area contributed by atoms with Crippen molar-refractivity contribution >= 4 is 21.8 Å². The van der Waals surface area contributed by atoms with Crippen molar-refractivity contribution in [3.63, 3.8) is 0 Å². The van der Waals surface area contributed by atoms with Gasteiger partial charge in [-0.3, -0.25) is 4.79 Å². The van der Waals surface area contributed by atoms with Gasteiger partial charge in [0.15, 0.2) is 0 Å². The molecule has 4 atom stereocenters. The van der Waals surface area contributed by atoms with Gasteiger partial charge in [0.1, 0.15) is 5.75 Å². The standard InChI is InChI=1S/C14H16BrNO3/c1-19-9-4-2-8(3-5-9)7-16-13-11(17)6-10(12(13)15)14(16)18/h2-5,10-13,17H,6-7H2,1H3/t10-,11-,12+,13+/m0/s1. The molecule has 0 unspecified atom stereocenters. The van der Waals surface area contributed by atoms with Crippen LogP contribution in [0.2, 0.25) is 0 Å². The maximum atomic E-state index is 12.2. The van der Waals surface area contributed by atoms with Crippen LogP contribution in [0.4, 0.5) is 0 Å². The molecule has 0 spiro atoms. The minimum atomic E-state index is -0.412. The molecule has 1 aliphatic carbocycles. The van der Waals surface area contributed by atoms with Crippen LogP contribution in [0.1, 0.15) is 12.0 Å². The molecule has 1 aliphatic heterocycles. The first-order chi connectivity index (χ1) is 9.11. The third kappa shape index (κ3) is 2.05. The highest BCUT2D eigenvalue weighted by Gasteiger charge is 2.56. The Labute approximate surface area is 120 Å². The van der Waals surface area contributed by atoms with Crippen LogP contribution in [-0.2, 0) is 11.3 Å². The first-order valence-corrected chi connectivity index (χ1v) is 7.29. The number of alkyl halides is 1. The first kappa shape index (κ1) is 12.9. The minimum Gasteiger partial charge on any atom is -0.497 e. The number of aliphatic hydroxyl groups is 1. The number of aliphatic hydroxyl groups excluding tert-OH is 1. The number of nitrogens with zero attached hydrogens (tertiary/aromatic N) is 1. The summed E-state index contributed by atoms with van der Waals surface area (Å²) in [5.41, 5.74) is 1.05. The topological polar surface area (TPSA) is 49.8 Å². The van der Waals surface area contributed by atoms with Crippen molar-refractivity contribution in [2.24, 2.45) is 5.92 Å². The Morgan fingerprint density at radius 3 is 2.68 bits per heavy atom. The molecule has 1 amide bonds. The fourth-order valence-electron chi connectivity index (χ4n) is 3.07. The molecule has 0 aromatic heterocycles. The Hall–Kier alpha value is -1.07. The molecule has 2 fully saturated rings. The van der Waals surface area contributed by atoms with Gasteiger partial charge in [0.2, 0.25) is 5.91 Å². The van der Waals surface area contributed by atoms with Gasteiger partial charge >= 0.3 is 0 Å². The van der Waals surface area contributed by atoms with Crippen molar-refractivity contribution in [2.75, 3.05) is 7.11 Å². The molecule has 1 saturated carbocycles. The van der Waals surface area contributed by atoms with Crippen LogP contribution in [-0.4, -0.2) is 40.0 Å². The zero-order valence-electron chi connectivity index (χ0n) is 10.6. The molecule has 1 heterocycles. The van der Waals surface area contributed by atoms with Crippen molar-refractivity contribution in [1.82, 2.24) is 4.90 Å². The molecule has 19 heavy (non-hydrogen) atoms. The second-order valence-corrected chi connectivity index (χ2v) is 6.22. The lowest BCUT2D eigenvalue weighted by Gasteiger charge is -2.30. The van der Waals surface area contributed by atoms with E-state index in [2.05, 4.69) is 15.9 Å². The van der Waals surface area contributed by atoms with Crippen LogP contribution >= 0.6 is 15.9 Å². The third-order valence-electron chi connectivity index (χ3n) is 4.07. The van der Waals surface area contributed by atoms with E-state index in [0.29, 0.717) is 13.0 Å². The Bertz CT molecular complexity index is 490. The van der Waals surface area contributed by atoms with Crippen molar-refractivity contribution in [3.8, 4) is 5.75 Å². The van der Waals surface area contributed by atoms with Gasteiger partial charge in [-0.25, -0.2) is 0 Å². The maximum absolute atomic E-state index is 12.2. The van der Waals surface area contributed by atoms with Crippen LogP contribution < -0.4 is 4.74 Å². The summed E-state index contributed by atoms with van der Waals surface area (Å²) in [4.78, 5) is 14.1. The van der Waals surface area contributed by atoms with Crippen LogP contribution in [0.3, 0.4) is 0 Å². The lowest BCUT2D eigenvalue weighted by Crippen LogP contribution is -2.44. The maximum Gasteiger partial charge on any atom is 0.227 e. The molecule has 1 aromatic rings. The molecule has 2 bridgehead atoms. The number of carbonyl (C=O) groups is 1. The zero-order chi connectivity index (χ0) is 13.6. The van der Waals surface area contributed by atoms with E-state index in [1.54, 1.807) is 12.0 Å². The summed E-state index contributed by atoms with van der Waals surface area (Å²) in [6, 6.07) is 7.58. The molecule has 1 N–H and O–H groups in total. The highest BCUT2D eigenvalue weighted by molar-refractivity contribution is 9.09. The van der Waals surface area contributed by atoms with Gasteiger partial charge < -0.3 is 14.7 Å². The fraction of sp³-hybridized carbons (Fsp3) is 0.500. The zero-order valence-corrected chi connectivity index (χ0v) is 12.2. The van der Waals surface area contributed by atoms with E-state index in [1.807, 2.05) is 24.3 Å². The lowest BCUT2D eigenvalue weighted by atomic mass is 10.1. The fourth-order valence-corrected chi connectivity index (χ4v) is 4.15. The summed E-state index contributed by atoms with van der Waals surface area (Å²) in [5, 5.41) is 9.99. The summed E-state index contributed by atoms with van der Waals surface area (Å²) in [7, 11) is 1.63. The number of hydrogen-bond acceptors (Lipinski definition) is 3.